The minimum atomic E-state index is -0.829. The molecule has 1 aromatic rings. The molecular formula is C17H18Cl2N2O4. The van der Waals surface area contributed by atoms with E-state index in [-0.39, 0.29) is 23.8 Å². The highest BCUT2D eigenvalue weighted by atomic mass is 35.5. The predicted molar refractivity (Wildman–Crippen MR) is 94.5 cm³/mol. The fourth-order valence-corrected chi connectivity index (χ4v) is 3.48. The summed E-state index contributed by atoms with van der Waals surface area (Å²) in [5.74, 6) is -0.0181. The maximum atomic E-state index is 12.7. The molecule has 1 spiro atoms. The number of halogens is 2. The van der Waals surface area contributed by atoms with Crippen LogP contribution >= 0.6 is 23.2 Å². The zero-order valence-corrected chi connectivity index (χ0v) is 15.2. The van der Waals surface area contributed by atoms with Gasteiger partial charge in [0.1, 0.15) is 5.54 Å². The summed E-state index contributed by atoms with van der Waals surface area (Å²) in [6.45, 7) is 3.27. The van der Waals surface area contributed by atoms with E-state index in [1.54, 1.807) is 25.1 Å². The van der Waals surface area contributed by atoms with Gasteiger partial charge < -0.3 is 20.1 Å². The third-order valence-electron chi connectivity index (χ3n) is 4.35. The van der Waals surface area contributed by atoms with Crippen LogP contribution in [0.3, 0.4) is 0 Å². The van der Waals surface area contributed by atoms with Gasteiger partial charge in [-0.2, -0.15) is 0 Å². The highest BCUT2D eigenvalue weighted by molar-refractivity contribution is 6.42. The third-order valence-corrected chi connectivity index (χ3v) is 5.09. The van der Waals surface area contributed by atoms with Crippen molar-refractivity contribution in [3.05, 3.63) is 39.6 Å². The smallest absolute Gasteiger partial charge is 0.434 e. The van der Waals surface area contributed by atoms with Gasteiger partial charge in [0.2, 0.25) is 0 Å². The van der Waals surface area contributed by atoms with Crippen molar-refractivity contribution in [1.82, 2.24) is 10.6 Å². The molecule has 2 aliphatic heterocycles. The molecule has 0 saturated carbocycles. The fraction of sp³-hybridized carbons (Fsp3) is 0.412. The minimum absolute atomic E-state index is 0.185. The molecule has 0 aromatic heterocycles. The van der Waals surface area contributed by atoms with Crippen molar-refractivity contribution in [3.63, 3.8) is 0 Å². The van der Waals surface area contributed by atoms with Crippen LogP contribution < -0.4 is 10.6 Å². The van der Waals surface area contributed by atoms with Crippen LogP contribution in [0.15, 0.2) is 24.0 Å². The Morgan fingerprint density at radius 1 is 1.24 bits per heavy atom. The summed E-state index contributed by atoms with van der Waals surface area (Å²) >= 11 is 12.1. The first-order valence-electron chi connectivity index (χ1n) is 8.05. The number of piperidine rings is 1. The second-order valence-electron chi connectivity index (χ2n) is 5.90. The zero-order valence-electron chi connectivity index (χ0n) is 13.7. The molecule has 0 bridgehead atoms. The standard InChI is InChI=1S/C17H18Cl2N2O4/c1-2-24-16(23)25-14-13(10-3-4-11(18)12(19)9-10)15(22)21-17(14)5-7-20-8-6-17/h3-4,9,20H,2,5-8H2,1H3,(H,21,22). The molecule has 25 heavy (non-hydrogen) atoms. The summed E-state index contributed by atoms with van der Waals surface area (Å²) in [4.78, 5) is 24.6. The van der Waals surface area contributed by atoms with E-state index in [1.807, 2.05) is 0 Å². The van der Waals surface area contributed by atoms with E-state index >= 15 is 0 Å². The lowest BCUT2D eigenvalue weighted by molar-refractivity contribution is -0.116. The van der Waals surface area contributed by atoms with Crippen molar-refractivity contribution in [2.75, 3.05) is 19.7 Å². The number of hydrogen-bond donors (Lipinski definition) is 2. The van der Waals surface area contributed by atoms with Crippen molar-refractivity contribution in [2.24, 2.45) is 0 Å². The number of ether oxygens (including phenoxy) is 2. The second-order valence-corrected chi connectivity index (χ2v) is 6.72. The van der Waals surface area contributed by atoms with Gasteiger partial charge in [-0.15, -0.1) is 0 Å². The van der Waals surface area contributed by atoms with E-state index in [2.05, 4.69) is 10.6 Å². The topological polar surface area (TPSA) is 76.7 Å². The normalized spacial score (nSPS) is 19.1. The van der Waals surface area contributed by atoms with E-state index in [1.165, 1.54) is 0 Å². The van der Waals surface area contributed by atoms with Gasteiger partial charge in [0.25, 0.3) is 5.91 Å². The molecule has 2 N–H and O–H groups in total. The lowest BCUT2D eigenvalue weighted by atomic mass is 9.86. The average Bonchev–Trinajstić information content (AvgIpc) is 2.82. The fourth-order valence-electron chi connectivity index (χ4n) is 3.18. The van der Waals surface area contributed by atoms with Gasteiger partial charge in [0, 0.05) is 0 Å². The first kappa shape index (κ1) is 18.0. The number of benzene rings is 1. The monoisotopic (exact) mass is 384 g/mol. The van der Waals surface area contributed by atoms with Crippen LogP contribution in [0.5, 0.6) is 0 Å². The minimum Gasteiger partial charge on any atom is -0.434 e. The number of nitrogens with one attached hydrogen (secondary N) is 2. The average molecular weight is 385 g/mol. The van der Waals surface area contributed by atoms with Crippen molar-refractivity contribution < 1.29 is 19.1 Å². The summed E-state index contributed by atoms with van der Waals surface area (Å²) in [5.41, 5.74) is 0.103. The SMILES string of the molecule is CCOC(=O)OC1=C(c2ccc(Cl)c(Cl)c2)C(=O)NC12CCNCC2. The van der Waals surface area contributed by atoms with Gasteiger partial charge in [0.15, 0.2) is 5.76 Å². The molecule has 1 saturated heterocycles. The van der Waals surface area contributed by atoms with Crippen LogP contribution in [0.25, 0.3) is 5.57 Å². The second kappa shape index (κ2) is 7.23. The number of carbonyl (C=O) groups excluding carboxylic acids is 2. The lowest BCUT2D eigenvalue weighted by Gasteiger charge is -2.35. The third kappa shape index (κ3) is 3.47. The van der Waals surface area contributed by atoms with E-state index in [0.717, 1.165) is 0 Å². The van der Waals surface area contributed by atoms with Gasteiger partial charge in [-0.05, 0) is 50.6 Å². The van der Waals surface area contributed by atoms with Crippen LogP contribution in [0.1, 0.15) is 25.3 Å². The van der Waals surface area contributed by atoms with Gasteiger partial charge in [-0.1, -0.05) is 29.3 Å². The van der Waals surface area contributed by atoms with E-state index in [9.17, 15) is 9.59 Å². The van der Waals surface area contributed by atoms with Crippen LogP contribution in [0.4, 0.5) is 4.79 Å². The van der Waals surface area contributed by atoms with Crippen molar-refractivity contribution in [2.45, 2.75) is 25.3 Å². The number of amides is 1. The molecule has 0 aliphatic carbocycles. The Hall–Kier alpha value is -1.76. The quantitative estimate of drug-likeness (QED) is 0.782. The van der Waals surface area contributed by atoms with Crippen LogP contribution in [0, 0.1) is 0 Å². The zero-order chi connectivity index (χ0) is 18.0. The Morgan fingerprint density at radius 3 is 2.60 bits per heavy atom. The first-order valence-corrected chi connectivity index (χ1v) is 8.80. The van der Waals surface area contributed by atoms with Crippen LogP contribution in [-0.4, -0.2) is 37.3 Å². The molecule has 0 unspecified atom stereocenters. The molecular weight excluding hydrogens is 367 g/mol. The van der Waals surface area contributed by atoms with Gasteiger partial charge in [-0.3, -0.25) is 4.79 Å². The summed E-state index contributed by atoms with van der Waals surface area (Å²) in [5, 5.41) is 6.93. The first-order chi connectivity index (χ1) is 12.0. The van der Waals surface area contributed by atoms with Crippen molar-refractivity contribution >= 4 is 40.8 Å². The lowest BCUT2D eigenvalue weighted by Crippen LogP contribution is -2.52. The molecule has 134 valence electrons. The molecule has 6 nitrogen and oxygen atoms in total. The van der Waals surface area contributed by atoms with Gasteiger partial charge in [-0.25, -0.2) is 4.79 Å². The molecule has 1 amide bonds. The Bertz CT molecular complexity index is 742. The molecule has 1 aromatic carbocycles. The van der Waals surface area contributed by atoms with E-state index < -0.39 is 11.7 Å². The van der Waals surface area contributed by atoms with Gasteiger partial charge in [0.05, 0.1) is 22.2 Å². The Labute approximate surface area is 155 Å². The molecule has 2 heterocycles. The summed E-state index contributed by atoms with van der Waals surface area (Å²) in [7, 11) is 0. The Kier molecular flexibility index (Phi) is 5.22. The van der Waals surface area contributed by atoms with Crippen LogP contribution in [-0.2, 0) is 14.3 Å². The number of carbonyl (C=O) groups is 2. The summed E-state index contributed by atoms with van der Waals surface area (Å²) in [6.07, 6.45) is 0.390. The largest absolute Gasteiger partial charge is 0.513 e. The highest BCUT2D eigenvalue weighted by Crippen LogP contribution is 2.40. The van der Waals surface area contributed by atoms with E-state index in [4.69, 9.17) is 32.7 Å². The molecule has 0 atom stereocenters. The van der Waals surface area contributed by atoms with E-state index in [0.29, 0.717) is 41.5 Å². The van der Waals surface area contributed by atoms with Gasteiger partial charge >= 0.3 is 6.16 Å². The Morgan fingerprint density at radius 2 is 1.96 bits per heavy atom. The maximum absolute atomic E-state index is 12.7. The summed E-state index contributed by atoms with van der Waals surface area (Å²) in [6, 6.07) is 4.88. The number of hydrogen-bond acceptors (Lipinski definition) is 5. The molecule has 0 radical (unpaired) electrons. The van der Waals surface area contributed by atoms with Crippen molar-refractivity contribution in [1.29, 1.82) is 0 Å². The van der Waals surface area contributed by atoms with Crippen molar-refractivity contribution in [3.8, 4) is 0 Å². The molecule has 2 aliphatic rings. The predicted octanol–water partition coefficient (Wildman–Crippen LogP) is 3.13. The molecule has 1 fully saturated rings. The maximum Gasteiger partial charge on any atom is 0.513 e. The number of rotatable bonds is 3. The Balaban J connectivity index is 2.09. The molecule has 8 heteroatoms. The summed E-state index contributed by atoms with van der Waals surface area (Å²) < 4.78 is 10.4. The highest BCUT2D eigenvalue weighted by Gasteiger charge is 2.48. The van der Waals surface area contributed by atoms with Crippen LogP contribution in [0.2, 0.25) is 10.0 Å². The molecule has 3 rings (SSSR count).